The smallest absolute Gasteiger partial charge is 0.354 e. The van der Waals surface area contributed by atoms with E-state index in [4.69, 9.17) is 9.47 Å². The first kappa shape index (κ1) is 20.3. The average molecular weight is 415 g/mol. The second kappa shape index (κ2) is 7.39. The van der Waals surface area contributed by atoms with E-state index in [0.29, 0.717) is 24.3 Å². The monoisotopic (exact) mass is 415 g/mol. The number of carbonyl (C=O) groups is 4. The van der Waals surface area contributed by atoms with Crippen LogP contribution in [0, 0.1) is 0 Å². The largest absolute Gasteiger partial charge is 0.452 e. The number of likely N-dealkylation sites (N-methyl/N-ethyl adjacent to an activating group) is 1. The van der Waals surface area contributed by atoms with Crippen LogP contribution in [0.2, 0.25) is 0 Å². The molecule has 9 heteroatoms. The van der Waals surface area contributed by atoms with Crippen molar-refractivity contribution in [2.75, 3.05) is 31.6 Å². The van der Waals surface area contributed by atoms with Crippen molar-refractivity contribution in [3.8, 4) is 0 Å². The number of nitrogens with zero attached hydrogens (tertiary/aromatic N) is 3. The molecule has 0 unspecified atom stereocenters. The van der Waals surface area contributed by atoms with E-state index in [1.807, 2.05) is 13.8 Å². The van der Waals surface area contributed by atoms with E-state index < -0.39 is 18.2 Å². The first-order valence-corrected chi connectivity index (χ1v) is 10.1. The van der Waals surface area contributed by atoms with Crippen LogP contribution in [0.1, 0.15) is 37.0 Å². The van der Waals surface area contributed by atoms with E-state index in [0.717, 1.165) is 0 Å². The van der Waals surface area contributed by atoms with E-state index in [1.165, 1.54) is 16.8 Å². The molecule has 0 N–H and O–H groups in total. The molecule has 2 fully saturated rings. The van der Waals surface area contributed by atoms with Gasteiger partial charge in [-0.05, 0) is 26.0 Å². The van der Waals surface area contributed by atoms with E-state index in [1.54, 1.807) is 29.2 Å². The highest BCUT2D eigenvalue weighted by atomic mass is 16.5. The summed E-state index contributed by atoms with van der Waals surface area (Å²) in [5, 5.41) is 0. The van der Waals surface area contributed by atoms with Crippen LogP contribution in [0.15, 0.2) is 24.3 Å². The number of rotatable bonds is 3. The van der Waals surface area contributed by atoms with Gasteiger partial charge in [0, 0.05) is 33.0 Å². The fourth-order valence-corrected chi connectivity index (χ4v) is 4.61. The Labute approximate surface area is 174 Å². The lowest BCUT2D eigenvalue weighted by atomic mass is 9.97. The highest BCUT2D eigenvalue weighted by molar-refractivity contribution is 6.15. The van der Waals surface area contributed by atoms with Crippen LogP contribution in [0.5, 0.6) is 0 Å². The molecule has 1 aromatic carbocycles. The maximum absolute atomic E-state index is 13.2. The molecule has 0 saturated carbocycles. The van der Waals surface area contributed by atoms with Crippen molar-refractivity contribution in [3.05, 3.63) is 29.8 Å². The van der Waals surface area contributed by atoms with Crippen molar-refractivity contribution in [2.24, 2.45) is 0 Å². The van der Waals surface area contributed by atoms with Gasteiger partial charge < -0.3 is 19.3 Å². The number of esters is 1. The first-order chi connectivity index (χ1) is 14.3. The molecule has 3 aliphatic rings. The van der Waals surface area contributed by atoms with Crippen LogP contribution >= 0.6 is 0 Å². The molecule has 0 aromatic heterocycles. The fraction of sp³-hybridized carbons (Fsp3) is 0.524. The molecular formula is C21H25N3O6. The Morgan fingerprint density at radius 1 is 1.17 bits per heavy atom. The number of hydrogen-bond acceptors (Lipinski definition) is 6. The quantitative estimate of drug-likeness (QED) is 0.677. The first-order valence-electron chi connectivity index (χ1n) is 10.1. The number of fused-ring (bicyclic) bond motifs is 3. The lowest BCUT2D eigenvalue weighted by Gasteiger charge is -2.46. The Morgan fingerprint density at radius 2 is 1.83 bits per heavy atom. The molecule has 2 saturated heterocycles. The van der Waals surface area contributed by atoms with E-state index >= 15 is 0 Å². The number of benzene rings is 1. The molecule has 3 aliphatic heterocycles. The molecule has 30 heavy (non-hydrogen) atoms. The molecule has 4 rings (SSSR count). The topological polar surface area (TPSA) is 96.5 Å². The standard InChI is InChI=1S/C21H25N3O6/c1-13-10-23(11-14(2)30-13)18(26)12-29-20(28)21-9-8-17(25)24(21)16-7-5-4-6-15(16)19(27)22(21)3/h4-7,13-14H,8-12H2,1-3H3/t13-,14+,21-/m1/s1. The molecule has 160 valence electrons. The summed E-state index contributed by atoms with van der Waals surface area (Å²) >= 11 is 0. The summed E-state index contributed by atoms with van der Waals surface area (Å²) in [6.45, 7) is 4.14. The zero-order valence-corrected chi connectivity index (χ0v) is 17.3. The number of hydrogen-bond donors (Lipinski definition) is 0. The van der Waals surface area contributed by atoms with Gasteiger partial charge in [-0.3, -0.25) is 19.3 Å². The van der Waals surface area contributed by atoms with Crippen LogP contribution < -0.4 is 4.90 Å². The number of ether oxygens (including phenoxy) is 2. The van der Waals surface area contributed by atoms with Crippen molar-refractivity contribution in [1.82, 2.24) is 9.80 Å². The van der Waals surface area contributed by atoms with Gasteiger partial charge in [-0.15, -0.1) is 0 Å². The minimum absolute atomic E-state index is 0.103. The van der Waals surface area contributed by atoms with Crippen LogP contribution in [0.25, 0.3) is 0 Å². The minimum Gasteiger partial charge on any atom is -0.452 e. The number of carbonyl (C=O) groups excluding carboxylic acids is 4. The van der Waals surface area contributed by atoms with Gasteiger partial charge in [-0.25, -0.2) is 4.79 Å². The lowest BCUT2D eigenvalue weighted by Crippen LogP contribution is -2.67. The van der Waals surface area contributed by atoms with Gasteiger partial charge >= 0.3 is 5.97 Å². The summed E-state index contributed by atoms with van der Waals surface area (Å²) in [6, 6.07) is 6.69. The summed E-state index contributed by atoms with van der Waals surface area (Å²) in [7, 11) is 1.48. The zero-order valence-electron chi connectivity index (χ0n) is 17.3. The van der Waals surface area contributed by atoms with Gasteiger partial charge in [0.05, 0.1) is 23.5 Å². The number of amides is 3. The normalized spacial score (nSPS) is 28.3. The third-order valence-electron chi connectivity index (χ3n) is 5.97. The van der Waals surface area contributed by atoms with Crippen LogP contribution in [0.4, 0.5) is 5.69 Å². The van der Waals surface area contributed by atoms with Crippen LogP contribution in [-0.2, 0) is 23.9 Å². The van der Waals surface area contributed by atoms with Crippen molar-refractivity contribution >= 4 is 29.4 Å². The predicted molar refractivity (Wildman–Crippen MR) is 106 cm³/mol. The summed E-state index contributed by atoms with van der Waals surface area (Å²) in [6.07, 6.45) is 0.0104. The Morgan fingerprint density at radius 3 is 2.53 bits per heavy atom. The highest BCUT2D eigenvalue weighted by Crippen LogP contribution is 2.44. The SMILES string of the molecule is C[C@@H]1CN(C(=O)COC(=O)[C@@]23CCC(=O)N2c2ccccc2C(=O)N3C)C[C@H](C)O1. The number of para-hydroxylation sites is 1. The van der Waals surface area contributed by atoms with E-state index in [2.05, 4.69) is 0 Å². The van der Waals surface area contributed by atoms with Crippen molar-refractivity contribution < 1.29 is 28.7 Å². The molecule has 9 nitrogen and oxygen atoms in total. The molecule has 0 radical (unpaired) electrons. The summed E-state index contributed by atoms with van der Waals surface area (Å²) < 4.78 is 11.0. The Hall–Kier alpha value is -2.94. The second-order valence-electron chi connectivity index (χ2n) is 8.06. The molecule has 0 bridgehead atoms. The van der Waals surface area contributed by atoms with Gasteiger partial charge in [0.2, 0.25) is 11.6 Å². The van der Waals surface area contributed by atoms with Gasteiger partial charge in [0.1, 0.15) is 0 Å². The molecule has 3 heterocycles. The summed E-state index contributed by atoms with van der Waals surface area (Å²) in [5.74, 6) is -1.74. The summed E-state index contributed by atoms with van der Waals surface area (Å²) in [4.78, 5) is 55.6. The van der Waals surface area contributed by atoms with E-state index in [9.17, 15) is 19.2 Å². The maximum atomic E-state index is 13.2. The van der Waals surface area contributed by atoms with Gasteiger partial charge in [-0.1, -0.05) is 12.1 Å². The van der Waals surface area contributed by atoms with Crippen molar-refractivity contribution in [1.29, 1.82) is 0 Å². The van der Waals surface area contributed by atoms with E-state index in [-0.39, 0.29) is 42.8 Å². The average Bonchev–Trinajstić information content (AvgIpc) is 3.08. The Kier molecular flexibility index (Phi) is 5.01. The maximum Gasteiger partial charge on any atom is 0.354 e. The Bertz CT molecular complexity index is 908. The Balaban J connectivity index is 1.56. The molecular weight excluding hydrogens is 390 g/mol. The third-order valence-corrected chi connectivity index (χ3v) is 5.97. The molecule has 1 aromatic rings. The molecule has 3 atom stereocenters. The van der Waals surface area contributed by atoms with Crippen molar-refractivity contribution in [3.63, 3.8) is 0 Å². The lowest BCUT2D eigenvalue weighted by molar-refractivity contribution is -0.164. The molecule has 0 spiro atoms. The predicted octanol–water partition coefficient (Wildman–Crippen LogP) is 0.774. The van der Waals surface area contributed by atoms with Gasteiger partial charge in [0.25, 0.3) is 11.8 Å². The number of morpholine rings is 1. The molecule has 3 amide bonds. The van der Waals surface area contributed by atoms with Gasteiger partial charge in [-0.2, -0.15) is 0 Å². The zero-order chi connectivity index (χ0) is 21.6. The summed E-state index contributed by atoms with van der Waals surface area (Å²) in [5.41, 5.74) is -0.831. The van der Waals surface area contributed by atoms with Gasteiger partial charge in [0.15, 0.2) is 6.61 Å². The highest BCUT2D eigenvalue weighted by Gasteiger charge is 2.60. The van der Waals surface area contributed by atoms with Crippen LogP contribution in [-0.4, -0.2) is 78.1 Å². The van der Waals surface area contributed by atoms with Crippen LogP contribution in [0.3, 0.4) is 0 Å². The minimum atomic E-state index is -1.58. The fourth-order valence-electron chi connectivity index (χ4n) is 4.61. The molecule has 0 aliphatic carbocycles. The van der Waals surface area contributed by atoms with Crippen molar-refractivity contribution in [2.45, 2.75) is 44.6 Å². The number of anilines is 1. The third kappa shape index (κ3) is 3.04. The second-order valence-corrected chi connectivity index (χ2v) is 8.06.